The zero-order valence-electron chi connectivity index (χ0n) is 9.29. The minimum atomic E-state index is -0.396. The Labute approximate surface area is 90.1 Å². The number of pyridine rings is 1. The van der Waals surface area contributed by atoms with Crippen LogP contribution in [0.15, 0.2) is 6.07 Å². The molecule has 3 heteroatoms. The van der Waals surface area contributed by atoms with Crippen LogP contribution in [0.5, 0.6) is 5.75 Å². The Kier molecular flexibility index (Phi) is 2.91. The van der Waals surface area contributed by atoms with Gasteiger partial charge in [-0.15, -0.1) is 0 Å². The van der Waals surface area contributed by atoms with Crippen molar-refractivity contribution in [3.05, 3.63) is 23.0 Å². The number of aliphatic hydroxyl groups excluding tert-OH is 1. The van der Waals surface area contributed by atoms with E-state index < -0.39 is 6.10 Å². The van der Waals surface area contributed by atoms with E-state index in [0.29, 0.717) is 0 Å². The molecule has 1 atom stereocenters. The molecular formula is C12H17NO2. The number of aliphatic hydroxyl groups is 1. The predicted molar refractivity (Wildman–Crippen MR) is 58.0 cm³/mol. The number of fused-ring (bicyclic) bond motifs is 1. The maximum Gasteiger partial charge on any atom is 0.140 e. The molecule has 0 aliphatic heterocycles. The lowest BCUT2D eigenvalue weighted by molar-refractivity contribution is 0.161. The van der Waals surface area contributed by atoms with E-state index in [-0.39, 0.29) is 0 Å². The topological polar surface area (TPSA) is 42.4 Å². The van der Waals surface area contributed by atoms with Crippen molar-refractivity contribution in [1.29, 1.82) is 0 Å². The number of nitrogens with zero attached hydrogens (tertiary/aromatic N) is 1. The van der Waals surface area contributed by atoms with E-state index in [1.807, 2.05) is 13.0 Å². The molecule has 1 aromatic rings. The van der Waals surface area contributed by atoms with Crippen molar-refractivity contribution in [2.45, 2.75) is 38.7 Å². The molecule has 82 valence electrons. The Hall–Kier alpha value is -1.09. The summed E-state index contributed by atoms with van der Waals surface area (Å²) >= 11 is 0. The number of hydrogen-bond acceptors (Lipinski definition) is 3. The summed E-state index contributed by atoms with van der Waals surface area (Å²) in [6.07, 6.45) is 3.62. The first kappa shape index (κ1) is 10.4. The van der Waals surface area contributed by atoms with Gasteiger partial charge in [0.05, 0.1) is 24.6 Å². The highest BCUT2D eigenvalue weighted by atomic mass is 16.5. The van der Waals surface area contributed by atoms with Crippen molar-refractivity contribution in [3.8, 4) is 5.75 Å². The molecule has 0 spiro atoms. The van der Waals surface area contributed by atoms with Crippen molar-refractivity contribution >= 4 is 0 Å². The van der Waals surface area contributed by atoms with Gasteiger partial charge in [0.1, 0.15) is 5.75 Å². The van der Waals surface area contributed by atoms with Gasteiger partial charge >= 0.3 is 0 Å². The molecule has 3 nitrogen and oxygen atoms in total. The van der Waals surface area contributed by atoms with Crippen LogP contribution in [0.25, 0.3) is 0 Å². The van der Waals surface area contributed by atoms with Crippen LogP contribution in [0.3, 0.4) is 0 Å². The predicted octanol–water partition coefficient (Wildman–Crippen LogP) is 2.16. The van der Waals surface area contributed by atoms with E-state index in [2.05, 4.69) is 4.98 Å². The van der Waals surface area contributed by atoms with Crippen molar-refractivity contribution in [2.24, 2.45) is 0 Å². The van der Waals surface area contributed by atoms with Crippen molar-refractivity contribution in [3.63, 3.8) is 0 Å². The summed E-state index contributed by atoms with van der Waals surface area (Å²) in [4.78, 5) is 4.45. The molecule has 0 saturated carbocycles. The average Bonchev–Trinajstić information content (AvgIpc) is 2.40. The van der Waals surface area contributed by atoms with E-state index in [0.717, 1.165) is 48.4 Å². The Morgan fingerprint density at radius 1 is 1.47 bits per heavy atom. The number of rotatable bonds is 1. The lowest BCUT2D eigenvalue weighted by atomic mass is 10.1. The van der Waals surface area contributed by atoms with Gasteiger partial charge in [-0.1, -0.05) is 6.42 Å². The molecule has 1 unspecified atom stereocenters. The molecule has 1 aliphatic carbocycles. The Morgan fingerprint density at radius 2 is 2.27 bits per heavy atom. The van der Waals surface area contributed by atoms with Gasteiger partial charge in [-0.3, -0.25) is 4.98 Å². The zero-order valence-corrected chi connectivity index (χ0v) is 9.29. The summed E-state index contributed by atoms with van der Waals surface area (Å²) in [5.74, 6) is 0.822. The zero-order chi connectivity index (χ0) is 10.8. The molecule has 1 aliphatic rings. The summed E-state index contributed by atoms with van der Waals surface area (Å²) in [5.41, 5.74) is 2.85. The Morgan fingerprint density at radius 3 is 3.00 bits per heavy atom. The van der Waals surface area contributed by atoms with Gasteiger partial charge in [-0.2, -0.15) is 0 Å². The first-order valence-corrected chi connectivity index (χ1v) is 5.45. The molecule has 0 amide bonds. The van der Waals surface area contributed by atoms with Crippen molar-refractivity contribution < 1.29 is 9.84 Å². The third kappa shape index (κ3) is 1.97. The Bertz CT molecular complexity index is 363. The first-order valence-electron chi connectivity index (χ1n) is 5.45. The number of hydrogen-bond donors (Lipinski definition) is 1. The van der Waals surface area contributed by atoms with Gasteiger partial charge < -0.3 is 9.84 Å². The highest BCUT2D eigenvalue weighted by molar-refractivity contribution is 5.36. The van der Waals surface area contributed by atoms with Gasteiger partial charge in [-0.05, 0) is 37.8 Å². The minimum absolute atomic E-state index is 0.396. The fraction of sp³-hybridized carbons (Fsp3) is 0.583. The second-order valence-corrected chi connectivity index (χ2v) is 4.08. The first-order chi connectivity index (χ1) is 7.22. The SMILES string of the molecule is COc1cc2c(nc1C)C(O)CCCC2. The fourth-order valence-electron chi connectivity index (χ4n) is 2.13. The molecule has 0 bridgehead atoms. The summed E-state index contributed by atoms with van der Waals surface area (Å²) < 4.78 is 5.24. The molecule has 0 aromatic carbocycles. The number of aromatic nitrogens is 1. The summed E-state index contributed by atoms with van der Waals surface area (Å²) in [6.45, 7) is 1.91. The van der Waals surface area contributed by atoms with E-state index in [1.54, 1.807) is 7.11 Å². The molecule has 0 saturated heterocycles. The van der Waals surface area contributed by atoms with Crippen LogP contribution in [0.4, 0.5) is 0 Å². The van der Waals surface area contributed by atoms with Crippen molar-refractivity contribution in [1.82, 2.24) is 4.98 Å². The van der Waals surface area contributed by atoms with Crippen LogP contribution >= 0.6 is 0 Å². The summed E-state index contributed by atoms with van der Waals surface area (Å²) in [6, 6.07) is 2.02. The quantitative estimate of drug-likeness (QED) is 0.717. The molecule has 1 N–H and O–H groups in total. The number of methoxy groups -OCH3 is 1. The van der Waals surface area contributed by atoms with Crippen LogP contribution in [0.2, 0.25) is 0 Å². The standard InChI is InChI=1S/C12H17NO2/c1-8-11(15-2)7-9-5-3-4-6-10(14)12(9)13-8/h7,10,14H,3-6H2,1-2H3. The molecular weight excluding hydrogens is 190 g/mol. The van der Waals surface area contributed by atoms with E-state index in [4.69, 9.17) is 4.74 Å². The highest BCUT2D eigenvalue weighted by Gasteiger charge is 2.19. The van der Waals surface area contributed by atoms with Gasteiger partial charge in [0.2, 0.25) is 0 Å². The summed E-state index contributed by atoms with van der Waals surface area (Å²) in [7, 11) is 1.66. The van der Waals surface area contributed by atoms with E-state index >= 15 is 0 Å². The third-order valence-electron chi connectivity index (χ3n) is 2.99. The number of ether oxygens (including phenoxy) is 1. The monoisotopic (exact) mass is 207 g/mol. The van der Waals surface area contributed by atoms with Gasteiger partial charge in [0, 0.05) is 0 Å². The van der Waals surface area contributed by atoms with Crippen molar-refractivity contribution in [2.75, 3.05) is 7.11 Å². The average molecular weight is 207 g/mol. The Balaban J connectivity index is 2.46. The van der Waals surface area contributed by atoms with Gasteiger partial charge in [0.15, 0.2) is 0 Å². The van der Waals surface area contributed by atoms with Crippen LogP contribution < -0.4 is 4.74 Å². The largest absolute Gasteiger partial charge is 0.495 e. The molecule has 1 heterocycles. The summed E-state index contributed by atoms with van der Waals surface area (Å²) in [5, 5.41) is 9.93. The minimum Gasteiger partial charge on any atom is -0.495 e. The van der Waals surface area contributed by atoms with Gasteiger partial charge in [-0.25, -0.2) is 0 Å². The lowest BCUT2D eigenvalue weighted by Crippen LogP contribution is -2.05. The normalized spacial score (nSPS) is 20.6. The molecule has 0 fully saturated rings. The number of aryl methyl sites for hydroxylation is 2. The van der Waals surface area contributed by atoms with Crippen LogP contribution in [-0.2, 0) is 6.42 Å². The molecule has 1 aromatic heterocycles. The van der Waals surface area contributed by atoms with Crippen LogP contribution in [0.1, 0.15) is 42.3 Å². The fourth-order valence-corrected chi connectivity index (χ4v) is 2.13. The second-order valence-electron chi connectivity index (χ2n) is 4.08. The van der Waals surface area contributed by atoms with Crippen LogP contribution in [-0.4, -0.2) is 17.2 Å². The molecule has 2 rings (SSSR count). The van der Waals surface area contributed by atoms with E-state index in [9.17, 15) is 5.11 Å². The maximum atomic E-state index is 9.93. The highest BCUT2D eigenvalue weighted by Crippen LogP contribution is 2.30. The molecule has 15 heavy (non-hydrogen) atoms. The van der Waals surface area contributed by atoms with Crippen LogP contribution in [0, 0.1) is 6.92 Å². The smallest absolute Gasteiger partial charge is 0.140 e. The second kappa shape index (κ2) is 4.19. The third-order valence-corrected chi connectivity index (χ3v) is 2.99. The van der Waals surface area contributed by atoms with E-state index in [1.165, 1.54) is 0 Å². The van der Waals surface area contributed by atoms with Gasteiger partial charge in [0.25, 0.3) is 0 Å². The maximum absolute atomic E-state index is 9.93. The molecule has 0 radical (unpaired) electrons. The lowest BCUT2D eigenvalue weighted by Gasteiger charge is -2.13.